The van der Waals surface area contributed by atoms with Crippen LogP contribution in [0.3, 0.4) is 0 Å². The molecular weight excluding hydrogens is 342 g/mol. The number of aromatic nitrogens is 2. The molecular formula is C21H23N3O3. The van der Waals surface area contributed by atoms with Crippen molar-refractivity contribution in [1.29, 1.82) is 0 Å². The fraction of sp³-hybridized carbons (Fsp3) is 0.286. The summed E-state index contributed by atoms with van der Waals surface area (Å²) in [7, 11) is 1.71. The molecule has 0 bridgehead atoms. The minimum Gasteiger partial charge on any atom is -0.480 e. The summed E-state index contributed by atoms with van der Waals surface area (Å²) in [5.74, 6) is 1.49. The lowest BCUT2D eigenvalue weighted by Gasteiger charge is -2.23. The van der Waals surface area contributed by atoms with Crippen molar-refractivity contribution in [2.45, 2.75) is 32.9 Å². The van der Waals surface area contributed by atoms with Gasteiger partial charge in [0.2, 0.25) is 11.7 Å². The topological polar surface area (TPSA) is 68.5 Å². The monoisotopic (exact) mass is 365 g/mol. The molecule has 0 aliphatic rings. The van der Waals surface area contributed by atoms with Gasteiger partial charge in [0.15, 0.2) is 6.10 Å². The molecule has 3 aromatic rings. The Morgan fingerprint density at radius 2 is 1.85 bits per heavy atom. The van der Waals surface area contributed by atoms with Gasteiger partial charge >= 0.3 is 0 Å². The van der Waals surface area contributed by atoms with Crippen molar-refractivity contribution >= 4 is 5.91 Å². The first-order valence-corrected chi connectivity index (χ1v) is 8.93. The van der Waals surface area contributed by atoms with Gasteiger partial charge < -0.3 is 14.2 Å². The summed E-state index contributed by atoms with van der Waals surface area (Å²) >= 11 is 0. The molecule has 1 heterocycles. The number of aryl methyl sites for hydroxylation is 1. The fourth-order valence-electron chi connectivity index (χ4n) is 2.70. The van der Waals surface area contributed by atoms with E-state index in [1.165, 1.54) is 0 Å². The van der Waals surface area contributed by atoms with Crippen LogP contribution in [0.15, 0.2) is 59.1 Å². The Morgan fingerprint density at radius 1 is 1.15 bits per heavy atom. The number of nitrogens with zero attached hydrogens (tertiary/aromatic N) is 3. The Morgan fingerprint density at radius 3 is 2.56 bits per heavy atom. The predicted molar refractivity (Wildman–Crippen MR) is 102 cm³/mol. The number of likely N-dealkylation sites (N-methyl/N-ethyl adjacent to an activating group) is 1. The van der Waals surface area contributed by atoms with Crippen LogP contribution >= 0.6 is 0 Å². The summed E-state index contributed by atoms with van der Waals surface area (Å²) in [6, 6.07) is 17.2. The molecule has 140 valence electrons. The molecule has 3 rings (SSSR count). The van der Waals surface area contributed by atoms with Gasteiger partial charge in [-0.05, 0) is 25.0 Å². The smallest absolute Gasteiger partial charge is 0.263 e. The van der Waals surface area contributed by atoms with E-state index in [-0.39, 0.29) is 12.5 Å². The Kier molecular flexibility index (Phi) is 5.86. The molecule has 0 spiro atoms. The van der Waals surface area contributed by atoms with E-state index in [1.54, 1.807) is 11.9 Å². The van der Waals surface area contributed by atoms with Crippen LogP contribution in [0.5, 0.6) is 5.75 Å². The van der Waals surface area contributed by atoms with Crippen LogP contribution < -0.4 is 4.74 Å². The minimum atomic E-state index is -0.562. The van der Waals surface area contributed by atoms with Crippen molar-refractivity contribution < 1.29 is 14.1 Å². The van der Waals surface area contributed by atoms with Crippen molar-refractivity contribution in [2.75, 3.05) is 7.05 Å². The van der Waals surface area contributed by atoms with Crippen molar-refractivity contribution in [2.24, 2.45) is 0 Å². The van der Waals surface area contributed by atoms with Crippen molar-refractivity contribution in [3.05, 3.63) is 66.1 Å². The summed E-state index contributed by atoms with van der Waals surface area (Å²) in [5.41, 5.74) is 1.87. The predicted octanol–water partition coefficient (Wildman–Crippen LogP) is 3.86. The van der Waals surface area contributed by atoms with E-state index in [2.05, 4.69) is 10.1 Å². The maximum atomic E-state index is 12.8. The number of benzene rings is 2. The van der Waals surface area contributed by atoms with Gasteiger partial charge in [-0.1, -0.05) is 60.6 Å². The van der Waals surface area contributed by atoms with E-state index >= 15 is 0 Å². The van der Waals surface area contributed by atoms with Gasteiger partial charge in [-0.3, -0.25) is 4.79 Å². The van der Waals surface area contributed by atoms with Crippen LogP contribution in [0.1, 0.15) is 24.8 Å². The second-order valence-electron chi connectivity index (χ2n) is 6.35. The summed E-state index contributed by atoms with van der Waals surface area (Å²) in [4.78, 5) is 18.7. The molecule has 0 saturated heterocycles. The number of rotatable bonds is 7. The number of amides is 1. The normalized spacial score (nSPS) is 11.8. The lowest BCUT2D eigenvalue weighted by atomic mass is 10.2. The van der Waals surface area contributed by atoms with E-state index in [1.807, 2.05) is 68.4 Å². The highest BCUT2D eigenvalue weighted by molar-refractivity contribution is 5.81. The molecule has 6 nitrogen and oxygen atoms in total. The van der Waals surface area contributed by atoms with Crippen LogP contribution in [-0.2, 0) is 11.3 Å². The van der Waals surface area contributed by atoms with E-state index in [0.29, 0.717) is 18.1 Å². The molecule has 1 unspecified atom stereocenters. The van der Waals surface area contributed by atoms with Crippen LogP contribution in [0.4, 0.5) is 0 Å². The largest absolute Gasteiger partial charge is 0.480 e. The highest BCUT2D eigenvalue weighted by atomic mass is 16.5. The van der Waals surface area contributed by atoms with E-state index in [9.17, 15) is 4.79 Å². The molecule has 6 heteroatoms. The summed E-state index contributed by atoms with van der Waals surface area (Å²) in [6.45, 7) is 4.11. The van der Waals surface area contributed by atoms with Gasteiger partial charge in [-0.25, -0.2) is 0 Å². The second kappa shape index (κ2) is 8.49. The Bertz CT molecular complexity index is 892. The van der Waals surface area contributed by atoms with Gasteiger partial charge in [0.1, 0.15) is 5.75 Å². The highest BCUT2D eigenvalue weighted by Gasteiger charge is 2.24. The van der Waals surface area contributed by atoms with Crippen molar-refractivity contribution in [3.8, 4) is 17.1 Å². The molecule has 0 aliphatic carbocycles. The summed E-state index contributed by atoms with van der Waals surface area (Å²) in [5, 5.41) is 3.99. The van der Waals surface area contributed by atoms with Crippen LogP contribution in [0.2, 0.25) is 0 Å². The van der Waals surface area contributed by atoms with Gasteiger partial charge in [-0.2, -0.15) is 4.98 Å². The lowest BCUT2D eigenvalue weighted by molar-refractivity contribution is -0.138. The molecule has 0 fully saturated rings. The van der Waals surface area contributed by atoms with Crippen molar-refractivity contribution in [3.63, 3.8) is 0 Å². The van der Waals surface area contributed by atoms with E-state index < -0.39 is 6.10 Å². The average molecular weight is 365 g/mol. The van der Waals surface area contributed by atoms with Crippen LogP contribution in [0.25, 0.3) is 11.4 Å². The zero-order valence-corrected chi connectivity index (χ0v) is 15.8. The number of hydrogen-bond donors (Lipinski definition) is 0. The molecule has 2 aromatic carbocycles. The number of carbonyl (C=O) groups excluding carboxylic acids is 1. The molecule has 1 atom stereocenters. The zero-order valence-electron chi connectivity index (χ0n) is 15.8. The maximum absolute atomic E-state index is 12.8. The maximum Gasteiger partial charge on any atom is 0.263 e. The number of ether oxygens (including phenoxy) is 1. The molecule has 0 radical (unpaired) electrons. The number of hydrogen-bond acceptors (Lipinski definition) is 5. The molecule has 27 heavy (non-hydrogen) atoms. The molecule has 1 amide bonds. The SMILES string of the molecule is CCC(Oc1ccccc1C)C(=O)N(C)Cc1nc(-c2ccccc2)no1. The molecule has 0 saturated carbocycles. The van der Waals surface area contributed by atoms with Gasteiger partial charge in [-0.15, -0.1) is 0 Å². The van der Waals surface area contributed by atoms with Crippen LogP contribution in [0, 0.1) is 6.92 Å². The molecule has 1 aromatic heterocycles. The average Bonchev–Trinajstić information content (AvgIpc) is 3.16. The number of para-hydroxylation sites is 1. The third-order valence-electron chi connectivity index (χ3n) is 4.26. The first-order valence-electron chi connectivity index (χ1n) is 8.93. The molecule has 0 N–H and O–H groups in total. The second-order valence-corrected chi connectivity index (χ2v) is 6.35. The van der Waals surface area contributed by atoms with Crippen molar-refractivity contribution in [1.82, 2.24) is 15.0 Å². The standard InChI is InChI=1S/C21H23N3O3/c1-4-17(26-18-13-9-8-10-15(18)2)21(25)24(3)14-19-22-20(23-27-19)16-11-6-5-7-12-16/h5-13,17H,4,14H2,1-3H3. The Hall–Kier alpha value is -3.15. The van der Waals surface area contributed by atoms with Gasteiger partial charge in [0.25, 0.3) is 5.91 Å². The van der Waals surface area contributed by atoms with E-state index in [4.69, 9.17) is 9.26 Å². The summed E-state index contributed by atoms with van der Waals surface area (Å²) < 4.78 is 11.2. The number of carbonyl (C=O) groups is 1. The third kappa shape index (κ3) is 4.53. The lowest BCUT2D eigenvalue weighted by Crippen LogP contribution is -2.39. The first kappa shape index (κ1) is 18.6. The third-order valence-corrected chi connectivity index (χ3v) is 4.26. The fourth-order valence-corrected chi connectivity index (χ4v) is 2.70. The quantitative estimate of drug-likeness (QED) is 0.636. The minimum absolute atomic E-state index is 0.125. The Labute approximate surface area is 158 Å². The highest BCUT2D eigenvalue weighted by Crippen LogP contribution is 2.20. The first-order chi connectivity index (χ1) is 13.1. The Balaban J connectivity index is 1.66. The molecule has 0 aliphatic heterocycles. The van der Waals surface area contributed by atoms with E-state index in [0.717, 1.165) is 16.9 Å². The summed E-state index contributed by atoms with van der Waals surface area (Å²) in [6.07, 6.45) is 0.00368. The van der Waals surface area contributed by atoms with Gasteiger partial charge in [0.05, 0.1) is 6.54 Å². The van der Waals surface area contributed by atoms with Crippen LogP contribution in [-0.4, -0.2) is 34.1 Å². The zero-order chi connectivity index (χ0) is 19.2. The van der Waals surface area contributed by atoms with Gasteiger partial charge in [0, 0.05) is 12.6 Å².